The maximum absolute atomic E-state index is 12.3. The van der Waals surface area contributed by atoms with Crippen LogP contribution in [0.25, 0.3) is 0 Å². The van der Waals surface area contributed by atoms with Crippen LogP contribution in [0.2, 0.25) is 0 Å². The van der Waals surface area contributed by atoms with Gasteiger partial charge in [0, 0.05) is 12.1 Å². The van der Waals surface area contributed by atoms with Crippen molar-refractivity contribution in [1.82, 2.24) is 4.72 Å². The van der Waals surface area contributed by atoms with Gasteiger partial charge in [-0.2, -0.15) is 0 Å². The summed E-state index contributed by atoms with van der Waals surface area (Å²) in [5.74, 6) is -0.671. The Hall–Kier alpha value is -1.44. The second-order valence-corrected chi connectivity index (χ2v) is 8.36. The van der Waals surface area contributed by atoms with Crippen LogP contribution in [0.15, 0.2) is 24.3 Å². The smallest absolute Gasteiger partial charge is 0.337 e. The van der Waals surface area contributed by atoms with Gasteiger partial charge in [0.15, 0.2) is 0 Å². The van der Waals surface area contributed by atoms with Crippen LogP contribution in [0.5, 0.6) is 0 Å². The molecule has 0 unspecified atom stereocenters. The molecule has 7 heteroatoms. The average Bonchev–Trinajstić information content (AvgIpc) is 2.77. The fraction of sp³-hybridized carbons (Fsp3) is 0.588. The number of carbonyl (C=O) groups excluding carboxylic acids is 1. The number of rotatable bonds is 6. The Morgan fingerprint density at radius 2 is 1.92 bits per heavy atom. The largest absolute Gasteiger partial charge is 0.465 e. The highest BCUT2D eigenvalue weighted by molar-refractivity contribution is 7.88. The lowest BCUT2D eigenvalue weighted by molar-refractivity contribution is 0.0600. The van der Waals surface area contributed by atoms with E-state index < -0.39 is 21.5 Å². The summed E-state index contributed by atoms with van der Waals surface area (Å²) in [5, 5.41) is 0. The van der Waals surface area contributed by atoms with E-state index in [1.54, 1.807) is 18.2 Å². The second-order valence-electron chi connectivity index (χ2n) is 6.55. The van der Waals surface area contributed by atoms with Crippen molar-refractivity contribution in [2.75, 3.05) is 13.7 Å². The van der Waals surface area contributed by atoms with Crippen molar-refractivity contribution in [3.8, 4) is 0 Å². The highest BCUT2D eigenvalue weighted by atomic mass is 32.2. The number of esters is 1. The van der Waals surface area contributed by atoms with E-state index in [1.165, 1.54) is 13.2 Å². The van der Waals surface area contributed by atoms with Gasteiger partial charge in [0.1, 0.15) is 0 Å². The lowest BCUT2D eigenvalue weighted by Crippen LogP contribution is -2.49. The fourth-order valence-corrected chi connectivity index (χ4v) is 4.27. The number of nitrogens with one attached hydrogen (secondary N) is 1. The molecule has 0 saturated heterocycles. The molecule has 6 nitrogen and oxygen atoms in total. The summed E-state index contributed by atoms with van der Waals surface area (Å²) in [5.41, 5.74) is 6.77. The van der Waals surface area contributed by atoms with Crippen LogP contribution in [-0.4, -0.2) is 33.6 Å². The van der Waals surface area contributed by atoms with Gasteiger partial charge in [-0.05, 0) is 30.5 Å². The number of ether oxygens (including phenoxy) is 1. The summed E-state index contributed by atoms with van der Waals surface area (Å²) in [6.07, 6.45) is 6.08. The molecule has 2 rings (SSSR count). The van der Waals surface area contributed by atoms with Crippen molar-refractivity contribution < 1.29 is 17.9 Å². The Balaban J connectivity index is 1.99. The number of carbonyl (C=O) groups is 1. The van der Waals surface area contributed by atoms with Gasteiger partial charge in [-0.25, -0.2) is 17.9 Å². The molecule has 0 aliphatic heterocycles. The lowest BCUT2D eigenvalue weighted by Gasteiger charge is -2.28. The summed E-state index contributed by atoms with van der Waals surface area (Å²) >= 11 is 0. The monoisotopic (exact) mass is 354 g/mol. The number of nitrogens with two attached hydrogens (primary N) is 1. The molecule has 0 radical (unpaired) electrons. The zero-order chi connectivity index (χ0) is 17.6. The molecule has 0 aromatic heterocycles. The SMILES string of the molecule is COC(=O)c1cccc(CS(=O)(=O)NCC2(N)CCCCCC2)c1. The van der Waals surface area contributed by atoms with E-state index in [0.29, 0.717) is 11.1 Å². The molecule has 1 saturated carbocycles. The molecule has 1 fully saturated rings. The van der Waals surface area contributed by atoms with E-state index in [4.69, 9.17) is 5.73 Å². The number of hydrogen-bond acceptors (Lipinski definition) is 5. The van der Waals surface area contributed by atoms with Crippen LogP contribution in [-0.2, 0) is 20.5 Å². The molecular formula is C17H26N2O4S. The van der Waals surface area contributed by atoms with Gasteiger partial charge >= 0.3 is 5.97 Å². The minimum atomic E-state index is -3.52. The van der Waals surface area contributed by atoms with Crippen molar-refractivity contribution in [3.05, 3.63) is 35.4 Å². The zero-order valence-corrected chi connectivity index (χ0v) is 14.9. The molecule has 1 aliphatic rings. The highest BCUT2D eigenvalue weighted by Crippen LogP contribution is 2.24. The number of sulfonamides is 1. The molecule has 24 heavy (non-hydrogen) atoms. The summed E-state index contributed by atoms with van der Waals surface area (Å²) in [7, 11) is -2.22. The Morgan fingerprint density at radius 1 is 1.25 bits per heavy atom. The van der Waals surface area contributed by atoms with Crippen LogP contribution in [0.1, 0.15) is 54.4 Å². The normalized spacial score (nSPS) is 17.9. The lowest BCUT2D eigenvalue weighted by atomic mass is 9.92. The van der Waals surface area contributed by atoms with Crippen LogP contribution < -0.4 is 10.5 Å². The van der Waals surface area contributed by atoms with Gasteiger partial charge in [-0.15, -0.1) is 0 Å². The zero-order valence-electron chi connectivity index (χ0n) is 14.1. The third kappa shape index (κ3) is 5.58. The molecule has 0 amide bonds. The van der Waals surface area contributed by atoms with Crippen molar-refractivity contribution in [1.29, 1.82) is 0 Å². The Labute approximate surface area is 143 Å². The average molecular weight is 354 g/mol. The van der Waals surface area contributed by atoms with Gasteiger partial charge in [-0.1, -0.05) is 37.8 Å². The molecule has 1 aromatic rings. The molecule has 1 aromatic carbocycles. The quantitative estimate of drug-likeness (QED) is 0.601. The summed E-state index contributed by atoms with van der Waals surface area (Å²) < 4.78 is 32.0. The Bertz CT molecular complexity index is 665. The predicted octanol–water partition coefficient (Wildman–Crippen LogP) is 1.94. The van der Waals surface area contributed by atoms with Crippen LogP contribution in [0, 0.1) is 0 Å². The van der Waals surface area contributed by atoms with Crippen molar-refractivity contribution >= 4 is 16.0 Å². The van der Waals surface area contributed by atoms with Crippen LogP contribution in [0.4, 0.5) is 0 Å². The van der Waals surface area contributed by atoms with Crippen LogP contribution in [0.3, 0.4) is 0 Å². The van der Waals surface area contributed by atoms with Gasteiger partial charge in [0.2, 0.25) is 10.0 Å². The molecule has 3 N–H and O–H groups in total. The molecule has 0 spiro atoms. The first-order valence-corrected chi connectivity index (χ1v) is 9.92. The number of methoxy groups -OCH3 is 1. The highest BCUT2D eigenvalue weighted by Gasteiger charge is 2.28. The van der Waals surface area contributed by atoms with Gasteiger partial charge in [0.05, 0.1) is 18.4 Å². The fourth-order valence-electron chi connectivity index (χ4n) is 3.04. The maximum Gasteiger partial charge on any atom is 0.337 e. The van der Waals surface area contributed by atoms with Gasteiger partial charge in [-0.3, -0.25) is 0 Å². The number of hydrogen-bond donors (Lipinski definition) is 2. The molecule has 0 atom stereocenters. The first-order valence-electron chi connectivity index (χ1n) is 8.27. The van der Waals surface area contributed by atoms with Crippen molar-refractivity contribution in [2.24, 2.45) is 5.73 Å². The molecule has 1 aliphatic carbocycles. The van der Waals surface area contributed by atoms with E-state index in [1.807, 2.05) is 0 Å². The Kier molecular flexibility index (Phi) is 6.37. The maximum atomic E-state index is 12.3. The second kappa shape index (κ2) is 8.09. The standard InChI is InChI=1S/C17H26N2O4S/c1-23-16(20)15-8-6-7-14(11-15)12-24(21,22)19-13-17(18)9-4-2-3-5-10-17/h6-8,11,19H,2-5,9-10,12-13,18H2,1H3. The molecule has 0 heterocycles. The summed E-state index contributed by atoms with van der Waals surface area (Å²) in [4.78, 5) is 11.5. The predicted molar refractivity (Wildman–Crippen MR) is 93.0 cm³/mol. The van der Waals surface area contributed by atoms with Crippen LogP contribution >= 0.6 is 0 Å². The third-order valence-electron chi connectivity index (χ3n) is 4.45. The van der Waals surface area contributed by atoms with E-state index in [2.05, 4.69) is 9.46 Å². The first kappa shape index (κ1) is 18.9. The van der Waals surface area contributed by atoms with E-state index in [9.17, 15) is 13.2 Å². The van der Waals surface area contributed by atoms with E-state index in [0.717, 1.165) is 38.5 Å². The third-order valence-corrected chi connectivity index (χ3v) is 5.75. The molecule has 0 bridgehead atoms. The van der Waals surface area contributed by atoms with Crippen molar-refractivity contribution in [2.45, 2.75) is 49.8 Å². The number of benzene rings is 1. The minimum absolute atomic E-state index is 0.187. The topological polar surface area (TPSA) is 98.5 Å². The van der Waals surface area contributed by atoms with Crippen molar-refractivity contribution in [3.63, 3.8) is 0 Å². The van der Waals surface area contributed by atoms with E-state index >= 15 is 0 Å². The Morgan fingerprint density at radius 3 is 2.54 bits per heavy atom. The summed E-state index contributed by atoms with van der Waals surface area (Å²) in [6, 6.07) is 6.45. The minimum Gasteiger partial charge on any atom is -0.465 e. The van der Waals surface area contributed by atoms with E-state index in [-0.39, 0.29) is 12.3 Å². The van der Waals surface area contributed by atoms with Gasteiger partial charge in [0.25, 0.3) is 0 Å². The van der Waals surface area contributed by atoms with Gasteiger partial charge < -0.3 is 10.5 Å². The molecular weight excluding hydrogens is 328 g/mol. The first-order chi connectivity index (χ1) is 11.3. The molecule has 134 valence electrons. The summed E-state index contributed by atoms with van der Waals surface area (Å²) in [6.45, 7) is 0.256.